The molecule has 1 atom stereocenters. The van der Waals surface area contributed by atoms with Gasteiger partial charge in [0.15, 0.2) is 0 Å². The highest BCUT2D eigenvalue weighted by Gasteiger charge is 2.27. The van der Waals surface area contributed by atoms with Crippen LogP contribution in [0, 0.1) is 5.92 Å². The van der Waals surface area contributed by atoms with Gasteiger partial charge in [-0.05, 0) is 18.8 Å². The minimum Gasteiger partial charge on any atom is -0.396 e. The van der Waals surface area contributed by atoms with Crippen LogP contribution in [0.3, 0.4) is 0 Å². The van der Waals surface area contributed by atoms with E-state index in [0.29, 0.717) is 19.7 Å². The summed E-state index contributed by atoms with van der Waals surface area (Å²) in [6.45, 7) is 1.61. The first-order valence-corrected chi connectivity index (χ1v) is 6.88. The van der Waals surface area contributed by atoms with E-state index in [4.69, 9.17) is 9.84 Å². The number of methoxy groups -OCH3 is 1. The summed E-state index contributed by atoms with van der Waals surface area (Å²) < 4.78 is 32.2. The van der Waals surface area contributed by atoms with Crippen LogP contribution in [0.5, 0.6) is 0 Å². The van der Waals surface area contributed by atoms with Gasteiger partial charge in [0, 0.05) is 33.4 Å². The second kappa shape index (κ2) is 6.51. The molecule has 7 heteroatoms. The SMILES string of the molecule is COCCNS(=O)(=O)N1CCCC(CO)C1. The number of hydrogen-bond donors (Lipinski definition) is 2. The summed E-state index contributed by atoms with van der Waals surface area (Å²) in [6.07, 6.45) is 1.69. The van der Waals surface area contributed by atoms with Gasteiger partial charge in [-0.1, -0.05) is 0 Å². The first-order valence-electron chi connectivity index (χ1n) is 5.44. The Morgan fingerprint density at radius 2 is 2.31 bits per heavy atom. The Balaban J connectivity index is 2.47. The lowest BCUT2D eigenvalue weighted by molar-refractivity contribution is 0.164. The number of aliphatic hydroxyl groups is 1. The van der Waals surface area contributed by atoms with Crippen molar-refractivity contribution in [3.8, 4) is 0 Å². The molecule has 96 valence electrons. The van der Waals surface area contributed by atoms with Crippen molar-refractivity contribution < 1.29 is 18.3 Å². The fourth-order valence-electron chi connectivity index (χ4n) is 1.76. The van der Waals surface area contributed by atoms with Crippen molar-refractivity contribution in [1.82, 2.24) is 9.03 Å². The highest BCUT2D eigenvalue weighted by molar-refractivity contribution is 7.87. The van der Waals surface area contributed by atoms with Crippen LogP contribution in [0.15, 0.2) is 0 Å². The average molecular weight is 252 g/mol. The molecule has 1 rings (SSSR count). The molecule has 2 N–H and O–H groups in total. The number of nitrogens with one attached hydrogen (secondary N) is 1. The van der Waals surface area contributed by atoms with E-state index < -0.39 is 10.2 Å². The zero-order valence-electron chi connectivity index (χ0n) is 9.55. The van der Waals surface area contributed by atoms with Crippen LogP contribution in [-0.4, -0.2) is 57.8 Å². The minimum absolute atomic E-state index is 0.0457. The van der Waals surface area contributed by atoms with E-state index in [1.54, 1.807) is 0 Å². The lowest BCUT2D eigenvalue weighted by atomic mass is 10.0. The Bertz CT molecular complexity index is 294. The van der Waals surface area contributed by atoms with Crippen molar-refractivity contribution in [2.24, 2.45) is 5.92 Å². The summed E-state index contributed by atoms with van der Waals surface area (Å²) in [4.78, 5) is 0. The van der Waals surface area contributed by atoms with E-state index in [1.165, 1.54) is 11.4 Å². The monoisotopic (exact) mass is 252 g/mol. The molecule has 0 amide bonds. The largest absolute Gasteiger partial charge is 0.396 e. The standard InChI is InChI=1S/C9H20N2O4S/c1-15-6-4-10-16(13,14)11-5-2-3-9(7-11)8-12/h9-10,12H,2-8H2,1H3. The van der Waals surface area contributed by atoms with Gasteiger partial charge < -0.3 is 9.84 Å². The number of nitrogens with zero attached hydrogens (tertiary/aromatic N) is 1. The molecule has 1 fully saturated rings. The van der Waals surface area contributed by atoms with Gasteiger partial charge >= 0.3 is 0 Å². The zero-order valence-corrected chi connectivity index (χ0v) is 10.4. The number of hydrogen-bond acceptors (Lipinski definition) is 4. The van der Waals surface area contributed by atoms with Crippen LogP contribution in [0.4, 0.5) is 0 Å². The smallest absolute Gasteiger partial charge is 0.279 e. The normalized spacial score (nSPS) is 23.5. The summed E-state index contributed by atoms with van der Waals surface area (Å²) in [5.74, 6) is 0.0627. The molecular weight excluding hydrogens is 232 g/mol. The quantitative estimate of drug-likeness (QED) is 0.605. The molecule has 1 heterocycles. The van der Waals surface area contributed by atoms with E-state index >= 15 is 0 Å². The van der Waals surface area contributed by atoms with Crippen LogP contribution in [-0.2, 0) is 14.9 Å². The summed E-state index contributed by atoms with van der Waals surface area (Å²) in [7, 11) is -1.88. The van der Waals surface area contributed by atoms with Crippen molar-refractivity contribution in [1.29, 1.82) is 0 Å². The van der Waals surface area contributed by atoms with E-state index in [1.807, 2.05) is 0 Å². The van der Waals surface area contributed by atoms with Crippen molar-refractivity contribution in [2.45, 2.75) is 12.8 Å². The number of aliphatic hydroxyl groups excluding tert-OH is 1. The molecule has 0 aromatic rings. The Kier molecular flexibility index (Phi) is 5.63. The van der Waals surface area contributed by atoms with Gasteiger partial charge in [-0.15, -0.1) is 0 Å². The van der Waals surface area contributed by atoms with Gasteiger partial charge in [-0.2, -0.15) is 17.4 Å². The minimum atomic E-state index is -3.41. The molecule has 0 aromatic carbocycles. The average Bonchev–Trinajstić information content (AvgIpc) is 2.29. The predicted molar refractivity (Wildman–Crippen MR) is 60.2 cm³/mol. The van der Waals surface area contributed by atoms with Crippen LogP contribution < -0.4 is 4.72 Å². The molecule has 0 radical (unpaired) electrons. The summed E-state index contributed by atoms with van der Waals surface area (Å²) >= 11 is 0. The number of ether oxygens (including phenoxy) is 1. The molecule has 1 saturated heterocycles. The Labute approximate surface area is 96.8 Å². The molecule has 0 spiro atoms. The molecule has 6 nitrogen and oxygen atoms in total. The summed E-state index contributed by atoms with van der Waals surface area (Å²) in [5, 5.41) is 9.03. The molecule has 1 aliphatic rings. The van der Waals surface area contributed by atoms with Crippen LogP contribution in [0.25, 0.3) is 0 Å². The summed E-state index contributed by atoms with van der Waals surface area (Å²) in [6, 6.07) is 0. The maximum atomic E-state index is 11.8. The molecule has 1 aliphatic heterocycles. The summed E-state index contributed by atoms with van der Waals surface area (Å²) in [5.41, 5.74) is 0. The Morgan fingerprint density at radius 1 is 1.56 bits per heavy atom. The fraction of sp³-hybridized carbons (Fsp3) is 1.00. The van der Waals surface area contributed by atoms with Crippen LogP contribution in [0.1, 0.15) is 12.8 Å². The van der Waals surface area contributed by atoms with Gasteiger partial charge in [0.25, 0.3) is 10.2 Å². The molecule has 1 unspecified atom stereocenters. The molecule has 0 bridgehead atoms. The van der Waals surface area contributed by atoms with Crippen LogP contribution in [0.2, 0.25) is 0 Å². The van der Waals surface area contributed by atoms with Gasteiger partial charge in [-0.25, -0.2) is 0 Å². The van der Waals surface area contributed by atoms with Gasteiger partial charge in [0.1, 0.15) is 0 Å². The van der Waals surface area contributed by atoms with Gasteiger partial charge in [0.05, 0.1) is 6.61 Å². The third kappa shape index (κ3) is 3.99. The second-order valence-electron chi connectivity index (χ2n) is 3.94. The lowest BCUT2D eigenvalue weighted by Crippen LogP contribution is -2.47. The number of piperidine rings is 1. The highest BCUT2D eigenvalue weighted by Crippen LogP contribution is 2.17. The fourth-order valence-corrected chi connectivity index (χ4v) is 3.06. The molecular formula is C9H20N2O4S. The lowest BCUT2D eigenvalue weighted by Gasteiger charge is -2.30. The van der Waals surface area contributed by atoms with E-state index in [2.05, 4.69) is 4.72 Å². The second-order valence-corrected chi connectivity index (χ2v) is 5.70. The Hall–Kier alpha value is -0.210. The third-order valence-electron chi connectivity index (χ3n) is 2.67. The third-order valence-corrected chi connectivity index (χ3v) is 4.25. The van der Waals surface area contributed by atoms with Crippen LogP contribution >= 0.6 is 0 Å². The highest BCUT2D eigenvalue weighted by atomic mass is 32.2. The first kappa shape index (κ1) is 13.9. The Morgan fingerprint density at radius 3 is 2.94 bits per heavy atom. The molecule has 0 saturated carbocycles. The van der Waals surface area contributed by atoms with Crippen molar-refractivity contribution in [3.63, 3.8) is 0 Å². The number of rotatable bonds is 6. The van der Waals surface area contributed by atoms with E-state index in [9.17, 15) is 8.42 Å². The first-order chi connectivity index (χ1) is 7.60. The van der Waals surface area contributed by atoms with E-state index in [0.717, 1.165) is 12.8 Å². The predicted octanol–water partition coefficient (Wildman–Crippen LogP) is -0.828. The molecule has 0 aromatic heterocycles. The maximum absolute atomic E-state index is 11.8. The van der Waals surface area contributed by atoms with E-state index in [-0.39, 0.29) is 19.1 Å². The van der Waals surface area contributed by atoms with Gasteiger partial charge in [0.2, 0.25) is 0 Å². The maximum Gasteiger partial charge on any atom is 0.279 e. The zero-order chi connectivity index (χ0) is 12.0. The van der Waals surface area contributed by atoms with Crippen molar-refractivity contribution in [3.05, 3.63) is 0 Å². The van der Waals surface area contributed by atoms with Crippen molar-refractivity contribution >= 4 is 10.2 Å². The van der Waals surface area contributed by atoms with Crippen molar-refractivity contribution in [2.75, 3.05) is 40.0 Å². The molecule has 16 heavy (non-hydrogen) atoms. The topological polar surface area (TPSA) is 78.9 Å². The molecule has 0 aliphatic carbocycles. The van der Waals surface area contributed by atoms with Gasteiger partial charge in [-0.3, -0.25) is 0 Å².